The molecule has 0 fully saturated rings. The van der Waals surface area contributed by atoms with Crippen LogP contribution in [0, 0.1) is 0 Å². The summed E-state index contributed by atoms with van der Waals surface area (Å²) in [5, 5.41) is 0. The van der Waals surface area contributed by atoms with Crippen molar-refractivity contribution in [2.24, 2.45) is 4.99 Å². The molecule has 0 unspecified atom stereocenters. The van der Waals surface area contributed by atoms with Gasteiger partial charge in [0.05, 0.1) is 5.71 Å². The molecular weight excluding hydrogens is 274 g/mol. The summed E-state index contributed by atoms with van der Waals surface area (Å²) in [6.07, 6.45) is 6.38. The first-order valence-corrected chi connectivity index (χ1v) is 7.72. The fourth-order valence-electron chi connectivity index (χ4n) is 2.95. The quantitative estimate of drug-likeness (QED) is 0.775. The fourth-order valence-corrected chi connectivity index (χ4v) is 2.95. The maximum absolute atomic E-state index is 11.9. The Morgan fingerprint density at radius 1 is 1.23 bits per heavy atom. The summed E-state index contributed by atoms with van der Waals surface area (Å²) in [6.45, 7) is 5.68. The third-order valence-electron chi connectivity index (χ3n) is 3.72. The highest BCUT2D eigenvalue weighted by molar-refractivity contribution is 6.25. The zero-order valence-electron chi connectivity index (χ0n) is 13.3. The van der Waals surface area contributed by atoms with Crippen molar-refractivity contribution in [2.75, 3.05) is 6.54 Å². The largest absolute Gasteiger partial charge is 0.459 e. The van der Waals surface area contributed by atoms with Crippen LogP contribution in [0.25, 0.3) is 5.57 Å². The standard InChI is InChI=1S/C19H21NO2/c1-19(2,3)22-17(21)12-20-18-15-10-6-4-8-13(15)14-9-5-7-11-16(14)18/h4-6,8-10H,7,11-12H2,1-3H3/b20-18-. The van der Waals surface area contributed by atoms with E-state index < -0.39 is 5.60 Å². The average Bonchev–Trinajstić information content (AvgIpc) is 2.78. The van der Waals surface area contributed by atoms with Gasteiger partial charge in [0.1, 0.15) is 12.1 Å². The van der Waals surface area contributed by atoms with Gasteiger partial charge in [-0.3, -0.25) is 9.79 Å². The van der Waals surface area contributed by atoms with E-state index in [1.54, 1.807) is 0 Å². The summed E-state index contributed by atoms with van der Waals surface area (Å²) in [7, 11) is 0. The molecule has 0 radical (unpaired) electrons. The number of allylic oxidation sites excluding steroid dienone is 4. The van der Waals surface area contributed by atoms with Crippen LogP contribution in [0.15, 0.2) is 47.0 Å². The Morgan fingerprint density at radius 3 is 2.68 bits per heavy atom. The number of carbonyl (C=O) groups excluding carboxylic acids is 1. The molecule has 1 aromatic carbocycles. The molecule has 3 nitrogen and oxygen atoms in total. The van der Waals surface area contributed by atoms with Crippen LogP contribution in [0.1, 0.15) is 44.7 Å². The number of hydrogen-bond acceptors (Lipinski definition) is 3. The molecule has 0 atom stereocenters. The molecular formula is C19H21NO2. The summed E-state index contributed by atoms with van der Waals surface area (Å²) in [5.41, 5.74) is 5.35. The molecule has 0 saturated heterocycles. The van der Waals surface area contributed by atoms with E-state index in [0.29, 0.717) is 0 Å². The van der Waals surface area contributed by atoms with Gasteiger partial charge in [-0.15, -0.1) is 0 Å². The van der Waals surface area contributed by atoms with Crippen molar-refractivity contribution in [3.63, 3.8) is 0 Å². The van der Waals surface area contributed by atoms with Crippen LogP contribution in [0.4, 0.5) is 0 Å². The van der Waals surface area contributed by atoms with E-state index in [1.165, 1.54) is 16.7 Å². The van der Waals surface area contributed by atoms with Gasteiger partial charge >= 0.3 is 5.97 Å². The van der Waals surface area contributed by atoms with Gasteiger partial charge in [0, 0.05) is 5.56 Å². The molecule has 22 heavy (non-hydrogen) atoms. The van der Waals surface area contributed by atoms with Gasteiger partial charge in [0.2, 0.25) is 0 Å². The third kappa shape index (κ3) is 2.89. The van der Waals surface area contributed by atoms with E-state index in [0.717, 1.165) is 24.1 Å². The fraction of sp³-hybridized carbons (Fsp3) is 0.368. The number of fused-ring (bicyclic) bond motifs is 2. The molecule has 0 aliphatic heterocycles. The lowest BCUT2D eigenvalue weighted by molar-refractivity contribution is -0.152. The highest BCUT2D eigenvalue weighted by atomic mass is 16.6. The second-order valence-corrected chi connectivity index (χ2v) is 6.63. The first-order chi connectivity index (χ1) is 10.5. The first kappa shape index (κ1) is 14.8. The molecule has 0 saturated carbocycles. The second kappa shape index (κ2) is 5.56. The molecule has 114 valence electrons. The number of benzene rings is 1. The third-order valence-corrected chi connectivity index (χ3v) is 3.72. The first-order valence-electron chi connectivity index (χ1n) is 7.72. The molecule has 0 bridgehead atoms. The van der Waals surface area contributed by atoms with Crippen molar-refractivity contribution in [3.8, 4) is 0 Å². The Hall–Kier alpha value is -2.16. The molecule has 1 aromatic rings. The highest BCUT2D eigenvalue weighted by Crippen LogP contribution is 2.38. The Bertz CT molecular complexity index is 702. The van der Waals surface area contributed by atoms with E-state index in [1.807, 2.05) is 32.9 Å². The maximum atomic E-state index is 11.9. The second-order valence-electron chi connectivity index (χ2n) is 6.63. The van der Waals surface area contributed by atoms with Crippen LogP contribution in [0.2, 0.25) is 0 Å². The molecule has 0 heterocycles. The Morgan fingerprint density at radius 2 is 1.95 bits per heavy atom. The van der Waals surface area contributed by atoms with E-state index in [2.05, 4.69) is 29.3 Å². The van der Waals surface area contributed by atoms with Crippen LogP contribution in [-0.2, 0) is 9.53 Å². The zero-order valence-corrected chi connectivity index (χ0v) is 13.3. The molecule has 3 heteroatoms. The molecule has 0 amide bonds. The minimum atomic E-state index is -0.469. The number of carbonyl (C=O) groups is 1. The highest BCUT2D eigenvalue weighted by Gasteiger charge is 2.27. The van der Waals surface area contributed by atoms with Gasteiger partial charge in [0.15, 0.2) is 0 Å². The van der Waals surface area contributed by atoms with Crippen LogP contribution in [0.5, 0.6) is 0 Å². The Balaban J connectivity index is 1.90. The van der Waals surface area contributed by atoms with Crippen molar-refractivity contribution in [3.05, 3.63) is 53.1 Å². The predicted octanol–water partition coefficient (Wildman–Crippen LogP) is 3.93. The van der Waals surface area contributed by atoms with Crippen molar-refractivity contribution in [2.45, 2.75) is 39.2 Å². The number of hydrogen-bond donors (Lipinski definition) is 0. The zero-order chi connectivity index (χ0) is 15.7. The number of nitrogens with zero attached hydrogens (tertiary/aromatic N) is 1. The lowest BCUT2D eigenvalue weighted by Crippen LogP contribution is -2.25. The van der Waals surface area contributed by atoms with Crippen molar-refractivity contribution < 1.29 is 9.53 Å². The summed E-state index contributed by atoms with van der Waals surface area (Å²) in [4.78, 5) is 16.5. The molecule has 0 spiro atoms. The molecule has 0 N–H and O–H groups in total. The minimum Gasteiger partial charge on any atom is -0.459 e. The van der Waals surface area contributed by atoms with E-state index in [4.69, 9.17) is 4.74 Å². The molecule has 2 aliphatic carbocycles. The molecule has 3 rings (SSSR count). The van der Waals surface area contributed by atoms with E-state index >= 15 is 0 Å². The van der Waals surface area contributed by atoms with Crippen LogP contribution in [-0.4, -0.2) is 23.8 Å². The van der Waals surface area contributed by atoms with Gasteiger partial charge < -0.3 is 4.74 Å². The topological polar surface area (TPSA) is 38.7 Å². The predicted molar refractivity (Wildman–Crippen MR) is 89.0 cm³/mol. The van der Waals surface area contributed by atoms with E-state index in [9.17, 15) is 4.79 Å². The van der Waals surface area contributed by atoms with Crippen molar-refractivity contribution in [1.82, 2.24) is 0 Å². The summed E-state index contributed by atoms with van der Waals surface area (Å²) < 4.78 is 5.35. The smallest absolute Gasteiger partial charge is 0.328 e. The summed E-state index contributed by atoms with van der Waals surface area (Å²) in [6, 6.07) is 8.26. The van der Waals surface area contributed by atoms with Gasteiger partial charge in [-0.2, -0.15) is 0 Å². The van der Waals surface area contributed by atoms with Crippen LogP contribution < -0.4 is 0 Å². The molecule has 2 aliphatic rings. The van der Waals surface area contributed by atoms with Gasteiger partial charge in [-0.25, -0.2) is 0 Å². The normalized spacial score (nSPS) is 18.4. The summed E-state index contributed by atoms with van der Waals surface area (Å²) in [5.74, 6) is -0.280. The van der Waals surface area contributed by atoms with Gasteiger partial charge in [0.25, 0.3) is 0 Å². The van der Waals surface area contributed by atoms with Gasteiger partial charge in [-0.05, 0) is 50.3 Å². The monoisotopic (exact) mass is 295 g/mol. The minimum absolute atomic E-state index is 0.0709. The van der Waals surface area contributed by atoms with Crippen LogP contribution >= 0.6 is 0 Å². The number of ether oxygens (including phenoxy) is 1. The number of aliphatic imine (C=N–C) groups is 1. The summed E-state index contributed by atoms with van der Waals surface area (Å²) >= 11 is 0. The van der Waals surface area contributed by atoms with Crippen molar-refractivity contribution in [1.29, 1.82) is 0 Å². The van der Waals surface area contributed by atoms with Gasteiger partial charge in [-0.1, -0.05) is 36.4 Å². The maximum Gasteiger partial charge on any atom is 0.328 e. The Kier molecular flexibility index (Phi) is 3.73. The van der Waals surface area contributed by atoms with Crippen molar-refractivity contribution >= 4 is 17.3 Å². The van der Waals surface area contributed by atoms with E-state index in [-0.39, 0.29) is 12.5 Å². The number of rotatable bonds is 2. The SMILES string of the molecule is CC(C)(C)OC(=O)C/N=C1\C2=C(C=CCC2)c2ccccc21. The van der Waals surface area contributed by atoms with Crippen LogP contribution in [0.3, 0.4) is 0 Å². The number of esters is 1. The Labute approximate surface area is 131 Å². The average molecular weight is 295 g/mol. The molecule has 0 aromatic heterocycles. The lowest BCUT2D eigenvalue weighted by Gasteiger charge is -2.18. The lowest BCUT2D eigenvalue weighted by atomic mass is 9.97.